The molecule has 0 fully saturated rings. The predicted molar refractivity (Wildman–Crippen MR) is 425 cm³/mol. The van der Waals surface area contributed by atoms with Gasteiger partial charge in [-0.15, -0.1) is 0 Å². The van der Waals surface area contributed by atoms with Crippen LogP contribution in [0.1, 0.15) is 113 Å². The van der Waals surface area contributed by atoms with Crippen molar-refractivity contribution in [2.75, 3.05) is 0 Å². The second-order valence-electron chi connectivity index (χ2n) is 30.1. The first-order valence-electron chi connectivity index (χ1n) is 33.7. The Morgan fingerprint density at radius 2 is 0.530 bits per heavy atom. The van der Waals surface area contributed by atoms with Crippen LogP contribution in [0.4, 0.5) is 0 Å². The minimum Gasteiger partial charge on any atom is -0.355 e. The molecule has 0 bridgehead atoms. The third kappa shape index (κ3) is 12.7. The molecule has 1 N–H and O–H groups in total. The second kappa shape index (κ2) is 25.7. The number of sulfone groups is 2. The summed E-state index contributed by atoms with van der Waals surface area (Å²) >= 11 is 3.40. The van der Waals surface area contributed by atoms with Crippen LogP contribution in [-0.2, 0) is 41.3 Å². The van der Waals surface area contributed by atoms with Crippen LogP contribution >= 0.6 is 15.9 Å². The Morgan fingerprint density at radius 3 is 0.830 bits per heavy atom. The lowest BCUT2D eigenvalue weighted by Gasteiger charge is -2.19. The molecule has 0 radical (unpaired) electrons. The number of halogens is 1. The molecule has 0 saturated carbocycles. The number of nitrogens with one attached hydrogen (secondary N) is 1. The van der Waals surface area contributed by atoms with Gasteiger partial charge in [0.2, 0.25) is 19.7 Å². The van der Waals surface area contributed by atoms with E-state index in [1.54, 1.807) is 48.5 Å². The first-order chi connectivity index (χ1) is 47.0. The van der Waals surface area contributed by atoms with Gasteiger partial charge in [0.15, 0.2) is 0 Å². The van der Waals surface area contributed by atoms with Gasteiger partial charge in [0.25, 0.3) is 0 Å². The van der Waals surface area contributed by atoms with Crippen molar-refractivity contribution in [3.63, 3.8) is 0 Å². The van der Waals surface area contributed by atoms with Gasteiger partial charge in [-0.25, -0.2) is 16.8 Å². The molecule has 0 saturated heterocycles. The van der Waals surface area contributed by atoms with E-state index in [2.05, 4.69) is 263 Å². The number of hydrogen-bond donors (Lipinski definition) is 1. The lowest BCUT2D eigenvalue weighted by molar-refractivity contribution is 0.590. The van der Waals surface area contributed by atoms with Crippen LogP contribution in [0.2, 0.25) is 0 Å². The standard InChI is InChI=1S/C44H40N2O2S.C32H32BrNO2S.C12H9N.CH4/c1-43(2,3)29-21-23-41-37(25-29)38-26-30(44(4,5)6)22-24-42(38)46(41)32-14-12-16-34(28-32)49(47,48)33-15-11-13-31(27-33)45-39-19-9-7-17-35(39)36-18-8-10-20-40(36)45;1-31(2,3)21-13-15-29-27(17-21)28-18-22(32(4,5)6)14-16-30(28)34(29)24-10-8-12-26(20-24)37(35,36)25-11-7-9-23(33)19-25;1-3-7-11-9(5-1)10-6-2-4-8-12(10)13-11;/h7-28H,1-6H3;7-20H,1-6H3;1-8,13H;1H4. The Morgan fingerprint density at radius 1 is 0.270 bits per heavy atom. The van der Waals surface area contributed by atoms with Crippen LogP contribution in [0.5, 0.6) is 0 Å². The first kappa shape index (κ1) is 68.7. The van der Waals surface area contributed by atoms with E-state index in [0.717, 1.165) is 65.4 Å². The average Bonchev–Trinajstić information content (AvgIpc) is 1.58. The summed E-state index contributed by atoms with van der Waals surface area (Å²) in [7, 11) is -7.54. The fraction of sp³-hybridized carbons (Fsp3) is 0.191. The molecule has 0 aliphatic heterocycles. The topological polar surface area (TPSA) is 98.9 Å². The summed E-state index contributed by atoms with van der Waals surface area (Å²) in [5.74, 6) is 0. The monoisotopic (exact) mass is 1420 g/mol. The molecule has 4 heterocycles. The number of rotatable bonds is 7. The predicted octanol–water partition coefficient (Wildman–Crippen LogP) is 24.2. The van der Waals surface area contributed by atoms with Crippen LogP contribution < -0.4 is 0 Å². The molecule has 16 rings (SSSR count). The molecular weight excluding hydrogens is 1330 g/mol. The minimum absolute atomic E-state index is 0. The molecule has 16 aromatic rings. The van der Waals surface area contributed by atoms with Gasteiger partial charge in [0, 0.05) is 75.7 Å². The number of aromatic nitrogens is 4. The third-order valence-corrected chi connectivity index (χ3v) is 23.2. The van der Waals surface area contributed by atoms with E-state index >= 15 is 0 Å². The molecule has 0 atom stereocenters. The lowest BCUT2D eigenvalue weighted by atomic mass is 9.85. The van der Waals surface area contributed by atoms with E-state index in [4.69, 9.17) is 0 Å². The highest BCUT2D eigenvalue weighted by molar-refractivity contribution is 9.10. The summed E-state index contributed by atoms with van der Waals surface area (Å²) in [5.41, 5.74) is 16.3. The van der Waals surface area contributed by atoms with Gasteiger partial charge >= 0.3 is 0 Å². The maximum atomic E-state index is 14.4. The van der Waals surface area contributed by atoms with Crippen molar-refractivity contribution in [1.29, 1.82) is 0 Å². The highest BCUT2D eigenvalue weighted by Crippen LogP contribution is 2.42. The number of aromatic amines is 1. The fourth-order valence-electron chi connectivity index (χ4n) is 13.7. The summed E-state index contributed by atoms with van der Waals surface area (Å²) in [6.07, 6.45) is 0. The van der Waals surface area contributed by atoms with Crippen molar-refractivity contribution in [2.45, 2.75) is 132 Å². The van der Waals surface area contributed by atoms with E-state index in [1.807, 2.05) is 72.8 Å². The number of hydrogen-bond acceptors (Lipinski definition) is 4. The van der Waals surface area contributed by atoms with Gasteiger partial charge in [-0.2, -0.15) is 0 Å². The molecule has 4 aromatic heterocycles. The molecule has 0 aliphatic carbocycles. The highest BCUT2D eigenvalue weighted by Gasteiger charge is 2.27. The quantitative estimate of drug-likeness (QED) is 0.172. The Labute approximate surface area is 596 Å². The zero-order chi connectivity index (χ0) is 69.7. The first-order valence-corrected chi connectivity index (χ1v) is 37.5. The van der Waals surface area contributed by atoms with E-state index in [1.165, 1.54) is 65.6 Å². The maximum Gasteiger partial charge on any atom is 0.206 e. The fourth-order valence-corrected chi connectivity index (χ4v) is 17.0. The Hall–Kier alpha value is -9.78. The number of nitrogens with zero attached hydrogens (tertiary/aromatic N) is 3. The van der Waals surface area contributed by atoms with Crippen molar-refractivity contribution in [3.05, 3.63) is 294 Å². The van der Waals surface area contributed by atoms with E-state index in [9.17, 15) is 16.8 Å². The molecule has 0 unspecified atom stereocenters. The maximum absolute atomic E-state index is 14.4. The summed E-state index contributed by atoms with van der Waals surface area (Å²) < 4.78 is 63.1. The van der Waals surface area contributed by atoms with Gasteiger partial charge in [0.1, 0.15) is 0 Å². The highest BCUT2D eigenvalue weighted by atomic mass is 79.9. The summed E-state index contributed by atoms with van der Waals surface area (Å²) in [5, 5.41) is 9.56. The zero-order valence-corrected chi connectivity index (χ0v) is 61.3. The Bertz CT molecular complexity index is 5850. The van der Waals surface area contributed by atoms with Gasteiger partial charge in [-0.3, -0.25) is 0 Å². The molecule has 8 nitrogen and oxygen atoms in total. The van der Waals surface area contributed by atoms with E-state index < -0.39 is 19.7 Å². The van der Waals surface area contributed by atoms with Crippen molar-refractivity contribution in [2.24, 2.45) is 0 Å². The van der Waals surface area contributed by atoms with E-state index in [0.29, 0.717) is 0 Å². The molecule has 0 amide bonds. The van der Waals surface area contributed by atoms with Crippen molar-refractivity contribution < 1.29 is 16.8 Å². The SMILES string of the molecule is C.CC(C)(C)c1ccc2c(c1)c1cc(C(C)(C)C)ccc1n2-c1cccc(S(=O)(=O)c2cccc(-n3c4ccccc4c4ccccc43)c2)c1.CC(C)(C)c1ccc2c(c1)c1cc(C(C)(C)C)ccc1n2-c1cccc(S(=O)(=O)c2cccc(Br)c2)c1.c1ccc2c(c1)[nH]c1ccccc12. The van der Waals surface area contributed by atoms with Crippen LogP contribution in [0.25, 0.3) is 104 Å². The minimum atomic E-state index is -3.86. The second-order valence-corrected chi connectivity index (χ2v) is 35.0. The lowest BCUT2D eigenvalue weighted by Crippen LogP contribution is -2.10. The molecule has 504 valence electrons. The van der Waals surface area contributed by atoms with Gasteiger partial charge in [-0.05, 0) is 190 Å². The largest absolute Gasteiger partial charge is 0.355 e. The van der Waals surface area contributed by atoms with E-state index in [-0.39, 0.29) is 48.7 Å². The van der Waals surface area contributed by atoms with Crippen LogP contribution in [0.15, 0.2) is 291 Å². The summed E-state index contributed by atoms with van der Waals surface area (Å²) in [6.45, 7) is 26.8. The summed E-state index contributed by atoms with van der Waals surface area (Å²) in [6, 6.07) is 88.7. The summed E-state index contributed by atoms with van der Waals surface area (Å²) in [4.78, 5) is 4.44. The average molecular weight is 1420 g/mol. The van der Waals surface area contributed by atoms with Crippen molar-refractivity contribution in [3.8, 4) is 17.1 Å². The Kier molecular flexibility index (Phi) is 17.7. The van der Waals surface area contributed by atoms with Gasteiger partial charge < -0.3 is 18.7 Å². The molecule has 100 heavy (non-hydrogen) atoms. The normalized spacial score (nSPS) is 12.5. The smallest absolute Gasteiger partial charge is 0.206 e. The van der Waals surface area contributed by atoms with Crippen LogP contribution in [-0.4, -0.2) is 35.5 Å². The Balaban J connectivity index is 0.000000154. The molecule has 11 heteroatoms. The van der Waals surface area contributed by atoms with Crippen LogP contribution in [0.3, 0.4) is 0 Å². The molecule has 0 spiro atoms. The number of para-hydroxylation sites is 4. The third-order valence-electron chi connectivity index (χ3n) is 19.3. The molecule has 0 aliphatic rings. The molecule has 12 aromatic carbocycles. The number of benzene rings is 12. The van der Waals surface area contributed by atoms with Crippen molar-refractivity contribution >= 4 is 123 Å². The van der Waals surface area contributed by atoms with Crippen molar-refractivity contribution in [1.82, 2.24) is 18.7 Å². The molecular formula is C89H85BrN4O4S2. The van der Waals surface area contributed by atoms with Crippen LogP contribution in [0, 0.1) is 0 Å². The van der Waals surface area contributed by atoms with Gasteiger partial charge in [0.05, 0.1) is 52.7 Å². The zero-order valence-electron chi connectivity index (χ0n) is 58.1. The number of H-pyrrole nitrogens is 1. The van der Waals surface area contributed by atoms with Gasteiger partial charge in [-0.1, -0.05) is 228 Å². The number of fused-ring (bicyclic) bond motifs is 12.